The lowest BCUT2D eigenvalue weighted by molar-refractivity contribution is -0.192. The standard InChI is InChI=1S/C17H17N3OS2.C2HF3O2/c21-16(19-17-18-13-5-1-2-6-14(13)23-17)15-8-7-12(22-15)11-20-9-3-4-10-20;3-2(4,5)1(6)7/h1-2,5-8H,3-4,9-11H2,(H,18,19,21);(H,6,7). The number of carboxylic acid groups (broad SMARTS) is 1. The molecule has 30 heavy (non-hydrogen) atoms. The smallest absolute Gasteiger partial charge is 0.475 e. The molecule has 0 spiro atoms. The summed E-state index contributed by atoms with van der Waals surface area (Å²) in [6.45, 7) is 3.30. The number of aromatic nitrogens is 1. The minimum atomic E-state index is -5.08. The molecule has 0 radical (unpaired) electrons. The molecule has 1 aliphatic heterocycles. The average Bonchev–Trinajstić information content (AvgIpc) is 3.42. The summed E-state index contributed by atoms with van der Waals surface area (Å²) in [5.41, 5.74) is 0.925. The van der Waals surface area contributed by atoms with Crippen molar-refractivity contribution >= 4 is 49.9 Å². The maximum atomic E-state index is 12.4. The minimum absolute atomic E-state index is 0.0678. The number of alkyl halides is 3. The summed E-state index contributed by atoms with van der Waals surface area (Å²) in [5.74, 6) is -2.82. The number of halogens is 3. The fraction of sp³-hybridized carbons (Fsp3) is 0.316. The van der Waals surface area contributed by atoms with E-state index in [0.717, 1.165) is 21.6 Å². The molecule has 0 unspecified atom stereocenters. The van der Waals surface area contributed by atoms with Crippen molar-refractivity contribution in [3.8, 4) is 0 Å². The molecule has 3 aromatic rings. The van der Waals surface area contributed by atoms with Gasteiger partial charge in [0, 0.05) is 11.4 Å². The third-order valence-corrected chi connectivity index (χ3v) is 6.24. The van der Waals surface area contributed by atoms with Crippen molar-refractivity contribution in [2.24, 2.45) is 0 Å². The fourth-order valence-corrected chi connectivity index (χ4v) is 4.64. The lowest BCUT2D eigenvalue weighted by Crippen LogP contribution is -2.21. The Morgan fingerprint density at radius 2 is 1.77 bits per heavy atom. The first-order valence-corrected chi connectivity index (χ1v) is 10.6. The molecule has 2 N–H and O–H groups in total. The van der Waals surface area contributed by atoms with E-state index >= 15 is 0 Å². The molecule has 11 heteroatoms. The maximum absolute atomic E-state index is 12.4. The van der Waals surface area contributed by atoms with E-state index in [2.05, 4.69) is 21.3 Å². The third kappa shape index (κ3) is 6.00. The molecule has 0 bridgehead atoms. The third-order valence-electron chi connectivity index (χ3n) is 4.22. The first kappa shape index (κ1) is 22.2. The van der Waals surface area contributed by atoms with Crippen LogP contribution >= 0.6 is 22.7 Å². The van der Waals surface area contributed by atoms with Gasteiger partial charge in [-0.1, -0.05) is 23.5 Å². The van der Waals surface area contributed by atoms with E-state index in [9.17, 15) is 18.0 Å². The zero-order chi connectivity index (χ0) is 21.7. The summed E-state index contributed by atoms with van der Waals surface area (Å²) in [5, 5.41) is 10.7. The lowest BCUT2D eigenvalue weighted by atomic mass is 10.3. The number of carbonyl (C=O) groups is 2. The van der Waals surface area contributed by atoms with Gasteiger partial charge in [0.2, 0.25) is 0 Å². The largest absolute Gasteiger partial charge is 0.490 e. The van der Waals surface area contributed by atoms with E-state index in [1.165, 1.54) is 42.1 Å². The van der Waals surface area contributed by atoms with Gasteiger partial charge in [0.1, 0.15) is 0 Å². The number of fused-ring (bicyclic) bond motifs is 1. The molecule has 1 saturated heterocycles. The van der Waals surface area contributed by atoms with Crippen molar-refractivity contribution in [1.29, 1.82) is 0 Å². The number of hydrogen-bond donors (Lipinski definition) is 2. The Labute approximate surface area is 178 Å². The van der Waals surface area contributed by atoms with Crippen LogP contribution in [0.3, 0.4) is 0 Å². The number of aliphatic carboxylic acids is 1. The van der Waals surface area contributed by atoms with Crippen LogP contribution in [-0.4, -0.2) is 46.1 Å². The summed E-state index contributed by atoms with van der Waals surface area (Å²) < 4.78 is 32.8. The molecule has 0 atom stereocenters. The van der Waals surface area contributed by atoms with E-state index in [4.69, 9.17) is 9.90 Å². The zero-order valence-corrected chi connectivity index (χ0v) is 17.2. The zero-order valence-electron chi connectivity index (χ0n) is 15.6. The lowest BCUT2D eigenvalue weighted by Gasteiger charge is -2.12. The predicted octanol–water partition coefficient (Wildman–Crippen LogP) is 4.84. The van der Waals surface area contributed by atoms with Gasteiger partial charge in [-0.25, -0.2) is 9.78 Å². The number of carboxylic acids is 1. The first-order chi connectivity index (χ1) is 14.2. The number of likely N-dealkylation sites (tertiary alicyclic amines) is 1. The van der Waals surface area contributed by atoms with Crippen LogP contribution in [0.5, 0.6) is 0 Å². The van der Waals surface area contributed by atoms with Crippen molar-refractivity contribution in [3.63, 3.8) is 0 Å². The van der Waals surface area contributed by atoms with Gasteiger partial charge in [0.05, 0.1) is 15.1 Å². The highest BCUT2D eigenvalue weighted by molar-refractivity contribution is 7.22. The molecule has 4 rings (SSSR count). The Morgan fingerprint density at radius 3 is 2.40 bits per heavy atom. The number of anilines is 1. The molecule has 1 aliphatic rings. The number of benzene rings is 1. The molecule has 2 aromatic heterocycles. The van der Waals surface area contributed by atoms with Crippen molar-refractivity contribution in [2.75, 3.05) is 18.4 Å². The monoisotopic (exact) mass is 457 g/mol. The quantitative estimate of drug-likeness (QED) is 0.586. The van der Waals surface area contributed by atoms with Gasteiger partial charge in [-0.2, -0.15) is 13.2 Å². The second kappa shape index (κ2) is 9.54. The van der Waals surface area contributed by atoms with Gasteiger partial charge < -0.3 is 5.11 Å². The second-order valence-electron chi connectivity index (χ2n) is 6.49. The minimum Gasteiger partial charge on any atom is -0.475 e. The summed E-state index contributed by atoms with van der Waals surface area (Å²) in [7, 11) is 0. The van der Waals surface area contributed by atoms with Gasteiger partial charge in [-0.3, -0.25) is 15.0 Å². The number of para-hydroxylation sites is 1. The average molecular weight is 457 g/mol. The van der Waals surface area contributed by atoms with Crippen molar-refractivity contribution < 1.29 is 27.9 Å². The molecule has 0 saturated carbocycles. The highest BCUT2D eigenvalue weighted by Gasteiger charge is 2.38. The summed E-state index contributed by atoms with van der Waals surface area (Å²) in [6.07, 6.45) is -2.51. The van der Waals surface area contributed by atoms with Crippen LogP contribution < -0.4 is 5.32 Å². The number of carbonyl (C=O) groups excluding carboxylic acids is 1. The molecule has 160 valence electrons. The van der Waals surface area contributed by atoms with Crippen LogP contribution in [-0.2, 0) is 11.3 Å². The number of thiazole rings is 1. The second-order valence-corrected chi connectivity index (χ2v) is 8.69. The Bertz CT molecular complexity index is 994. The van der Waals surface area contributed by atoms with Crippen molar-refractivity contribution in [1.82, 2.24) is 9.88 Å². The van der Waals surface area contributed by atoms with Crippen LogP contribution in [0.4, 0.5) is 18.3 Å². The van der Waals surface area contributed by atoms with E-state index in [0.29, 0.717) is 5.13 Å². The van der Waals surface area contributed by atoms with Crippen molar-refractivity contribution in [2.45, 2.75) is 25.6 Å². The Morgan fingerprint density at radius 1 is 1.10 bits per heavy atom. The maximum Gasteiger partial charge on any atom is 0.490 e. The van der Waals surface area contributed by atoms with Gasteiger partial charge in [-0.05, 0) is 50.2 Å². The topological polar surface area (TPSA) is 82.5 Å². The van der Waals surface area contributed by atoms with Gasteiger partial charge in [0.15, 0.2) is 5.13 Å². The number of hydrogen-bond acceptors (Lipinski definition) is 6. The molecule has 0 aliphatic carbocycles. The highest BCUT2D eigenvalue weighted by Crippen LogP contribution is 2.27. The van der Waals surface area contributed by atoms with Gasteiger partial charge in [0.25, 0.3) is 5.91 Å². The van der Waals surface area contributed by atoms with E-state index < -0.39 is 12.1 Å². The van der Waals surface area contributed by atoms with E-state index in [1.807, 2.05) is 30.3 Å². The number of thiophene rings is 1. The molecule has 1 aromatic carbocycles. The Hall–Kier alpha value is -2.50. The highest BCUT2D eigenvalue weighted by atomic mass is 32.1. The van der Waals surface area contributed by atoms with Crippen LogP contribution in [0.25, 0.3) is 10.2 Å². The molecule has 3 heterocycles. The predicted molar refractivity (Wildman–Crippen MR) is 110 cm³/mol. The SMILES string of the molecule is O=C(Nc1nc2ccccc2s1)c1ccc(CN2CCCC2)s1.O=C(O)C(F)(F)F. The van der Waals surface area contributed by atoms with Crippen LogP contribution in [0.2, 0.25) is 0 Å². The van der Waals surface area contributed by atoms with Crippen LogP contribution in [0.1, 0.15) is 27.4 Å². The number of amides is 1. The molecular weight excluding hydrogens is 439 g/mol. The van der Waals surface area contributed by atoms with Gasteiger partial charge >= 0.3 is 12.1 Å². The van der Waals surface area contributed by atoms with Crippen LogP contribution in [0, 0.1) is 0 Å². The summed E-state index contributed by atoms with van der Waals surface area (Å²) in [4.78, 5) is 30.2. The van der Waals surface area contributed by atoms with Gasteiger partial charge in [-0.15, -0.1) is 11.3 Å². The normalized spacial score (nSPS) is 14.4. The molecular formula is C19H18F3N3O3S2. The summed E-state index contributed by atoms with van der Waals surface area (Å²) in [6, 6.07) is 11.9. The Kier molecular flexibility index (Phi) is 7.06. The van der Waals surface area contributed by atoms with Crippen LogP contribution in [0.15, 0.2) is 36.4 Å². The molecule has 1 amide bonds. The molecule has 1 fully saturated rings. The van der Waals surface area contributed by atoms with E-state index in [1.54, 1.807) is 11.3 Å². The fourth-order valence-electron chi connectivity index (χ4n) is 2.83. The number of rotatable bonds is 4. The first-order valence-electron chi connectivity index (χ1n) is 9.00. The van der Waals surface area contributed by atoms with Crippen molar-refractivity contribution in [3.05, 3.63) is 46.2 Å². The number of nitrogens with one attached hydrogen (secondary N) is 1. The number of nitrogens with zero attached hydrogens (tertiary/aromatic N) is 2. The molecule has 6 nitrogen and oxygen atoms in total. The Balaban J connectivity index is 0.000000318. The van der Waals surface area contributed by atoms with E-state index in [-0.39, 0.29) is 5.91 Å². The summed E-state index contributed by atoms with van der Waals surface area (Å²) >= 11 is 3.08.